The van der Waals surface area contributed by atoms with Crippen LogP contribution in [0.5, 0.6) is 11.5 Å². The van der Waals surface area contributed by atoms with Crippen LogP contribution >= 0.6 is 11.3 Å². The largest absolute Gasteiger partial charge is 0.457 e. The molecule has 0 spiro atoms. The van der Waals surface area contributed by atoms with Crippen LogP contribution < -0.4 is 9.64 Å². The minimum atomic E-state index is -0.393. The number of pyridine rings is 2. The quantitative estimate of drug-likeness (QED) is 0.354. The fraction of sp³-hybridized carbons (Fsp3) is 0.393. The Morgan fingerprint density at radius 1 is 1.03 bits per heavy atom. The molecule has 0 radical (unpaired) electrons. The van der Waals surface area contributed by atoms with Crippen LogP contribution in [0.15, 0.2) is 48.8 Å². The number of benzene rings is 1. The second-order valence-electron chi connectivity index (χ2n) is 9.63. The molecular weight excluding hydrogens is 491 g/mol. The number of fused-ring (bicyclic) bond motifs is 1. The first-order valence-electron chi connectivity index (χ1n) is 12.8. The lowest BCUT2D eigenvalue weighted by Gasteiger charge is -2.28. The lowest BCUT2D eigenvalue weighted by Crippen LogP contribution is -2.37. The van der Waals surface area contributed by atoms with E-state index in [4.69, 9.17) is 14.5 Å². The van der Waals surface area contributed by atoms with Crippen molar-refractivity contribution in [2.75, 3.05) is 31.2 Å². The van der Waals surface area contributed by atoms with Crippen molar-refractivity contribution in [2.45, 2.75) is 38.2 Å². The molecule has 3 aromatic heterocycles. The van der Waals surface area contributed by atoms with E-state index in [0.717, 1.165) is 40.9 Å². The standard InChI is InChI=1S/C28H29FN4O3S/c29-27-21(8-10-31-28(27)33-11-13-35-14-12-33)23-16-20(7-9-30-23)36-19-5-6-22-25(17-19)37-26(32-22)15-18-3-1-2-4-24(18)34/h5-10,16-18,24,34H,1-4,11-15H2/t18-,24+/m0/s1. The molecule has 1 aliphatic heterocycles. The van der Waals surface area contributed by atoms with Crippen LogP contribution in [0.1, 0.15) is 30.7 Å². The van der Waals surface area contributed by atoms with E-state index >= 15 is 4.39 Å². The van der Waals surface area contributed by atoms with Crippen molar-refractivity contribution in [3.05, 3.63) is 59.6 Å². The van der Waals surface area contributed by atoms with Crippen molar-refractivity contribution in [1.82, 2.24) is 15.0 Å². The molecule has 0 bridgehead atoms. The molecule has 4 heterocycles. The number of rotatable bonds is 6. The van der Waals surface area contributed by atoms with Crippen LogP contribution in [0.4, 0.5) is 10.2 Å². The van der Waals surface area contributed by atoms with E-state index in [0.29, 0.717) is 54.9 Å². The van der Waals surface area contributed by atoms with Gasteiger partial charge in [-0.05, 0) is 43.0 Å². The second kappa shape index (κ2) is 10.7. The van der Waals surface area contributed by atoms with E-state index in [1.165, 1.54) is 6.42 Å². The lowest BCUT2D eigenvalue weighted by molar-refractivity contribution is 0.0700. The van der Waals surface area contributed by atoms with Crippen molar-refractivity contribution >= 4 is 27.4 Å². The van der Waals surface area contributed by atoms with Gasteiger partial charge >= 0.3 is 0 Å². The molecule has 0 unspecified atom stereocenters. The van der Waals surface area contributed by atoms with Crippen LogP contribution in [-0.2, 0) is 11.2 Å². The van der Waals surface area contributed by atoms with Crippen LogP contribution in [0.25, 0.3) is 21.5 Å². The SMILES string of the molecule is O[C@@H]1CCCC[C@H]1Cc1nc2ccc(Oc3ccnc(-c4ccnc(N5CCOCC5)c4F)c3)cc2s1. The van der Waals surface area contributed by atoms with Crippen LogP contribution in [0.2, 0.25) is 0 Å². The summed E-state index contributed by atoms with van der Waals surface area (Å²) in [5.41, 5.74) is 1.80. The van der Waals surface area contributed by atoms with Gasteiger partial charge in [0.05, 0.1) is 40.2 Å². The van der Waals surface area contributed by atoms with Gasteiger partial charge in [0.25, 0.3) is 0 Å². The molecule has 6 rings (SSSR count). The van der Waals surface area contributed by atoms with Gasteiger partial charge in [-0.25, -0.2) is 14.4 Å². The maximum absolute atomic E-state index is 15.4. The summed E-state index contributed by atoms with van der Waals surface area (Å²) in [4.78, 5) is 15.3. The molecule has 37 heavy (non-hydrogen) atoms. The monoisotopic (exact) mass is 520 g/mol. The molecule has 1 aromatic carbocycles. The third-order valence-corrected chi connectivity index (χ3v) is 8.17. The zero-order chi connectivity index (χ0) is 25.2. The topological polar surface area (TPSA) is 80.6 Å². The number of thiazole rings is 1. The molecule has 4 aromatic rings. The third-order valence-electron chi connectivity index (χ3n) is 7.13. The summed E-state index contributed by atoms with van der Waals surface area (Å²) in [6, 6.07) is 11.0. The molecule has 192 valence electrons. The van der Waals surface area contributed by atoms with Gasteiger partial charge in [0.2, 0.25) is 0 Å². The fourth-order valence-electron chi connectivity index (χ4n) is 5.14. The average molecular weight is 521 g/mol. The highest BCUT2D eigenvalue weighted by Gasteiger charge is 2.24. The van der Waals surface area contributed by atoms with E-state index in [1.807, 2.05) is 23.1 Å². The van der Waals surface area contributed by atoms with Crippen molar-refractivity contribution < 1.29 is 19.0 Å². The summed E-state index contributed by atoms with van der Waals surface area (Å²) in [6.45, 7) is 2.32. The van der Waals surface area contributed by atoms with Gasteiger partial charge in [0.1, 0.15) is 11.5 Å². The number of morpholine rings is 1. The van der Waals surface area contributed by atoms with Crippen molar-refractivity contribution in [3.63, 3.8) is 0 Å². The number of nitrogens with zero attached hydrogens (tertiary/aromatic N) is 4. The Morgan fingerprint density at radius 3 is 2.70 bits per heavy atom. The number of aliphatic hydroxyl groups is 1. The smallest absolute Gasteiger partial charge is 0.175 e. The molecule has 1 aliphatic carbocycles. The Bertz CT molecular complexity index is 1390. The summed E-state index contributed by atoms with van der Waals surface area (Å²) < 4.78 is 28.0. The van der Waals surface area contributed by atoms with E-state index < -0.39 is 5.82 Å². The van der Waals surface area contributed by atoms with Gasteiger partial charge in [-0.15, -0.1) is 11.3 Å². The molecule has 0 amide bonds. The zero-order valence-electron chi connectivity index (χ0n) is 20.5. The molecule has 1 saturated heterocycles. The Kier molecular flexibility index (Phi) is 6.99. The van der Waals surface area contributed by atoms with E-state index in [1.54, 1.807) is 41.9 Å². The molecule has 2 atom stereocenters. The number of hydrogen-bond donors (Lipinski definition) is 1. The van der Waals surface area contributed by atoms with Gasteiger partial charge in [-0.3, -0.25) is 4.98 Å². The summed E-state index contributed by atoms with van der Waals surface area (Å²) >= 11 is 1.65. The maximum atomic E-state index is 15.4. The minimum Gasteiger partial charge on any atom is -0.457 e. The van der Waals surface area contributed by atoms with Gasteiger partial charge in [-0.1, -0.05) is 12.8 Å². The minimum absolute atomic E-state index is 0.226. The number of aliphatic hydroxyl groups excluding tert-OH is 1. The highest BCUT2D eigenvalue weighted by atomic mass is 32.1. The first kappa shape index (κ1) is 24.2. The average Bonchev–Trinajstić information content (AvgIpc) is 3.32. The molecule has 7 nitrogen and oxygen atoms in total. The van der Waals surface area contributed by atoms with Crippen molar-refractivity contribution in [2.24, 2.45) is 5.92 Å². The van der Waals surface area contributed by atoms with Crippen LogP contribution in [0.3, 0.4) is 0 Å². The van der Waals surface area contributed by atoms with Crippen LogP contribution in [-0.4, -0.2) is 52.5 Å². The number of aromatic nitrogens is 3. The highest BCUT2D eigenvalue weighted by Crippen LogP contribution is 2.34. The van der Waals surface area contributed by atoms with E-state index in [2.05, 4.69) is 9.97 Å². The van der Waals surface area contributed by atoms with Gasteiger partial charge < -0.3 is 19.5 Å². The summed E-state index contributed by atoms with van der Waals surface area (Å²) in [5.74, 6) is 1.47. The van der Waals surface area contributed by atoms with Crippen molar-refractivity contribution in [3.8, 4) is 22.8 Å². The molecule has 2 aliphatic rings. The van der Waals surface area contributed by atoms with Gasteiger partial charge in [0.15, 0.2) is 11.6 Å². The highest BCUT2D eigenvalue weighted by molar-refractivity contribution is 7.18. The number of anilines is 1. The number of halogens is 1. The molecule has 1 saturated carbocycles. The number of ether oxygens (including phenoxy) is 2. The zero-order valence-corrected chi connectivity index (χ0v) is 21.3. The summed E-state index contributed by atoms with van der Waals surface area (Å²) in [7, 11) is 0. The second-order valence-corrected chi connectivity index (χ2v) is 10.7. The number of hydrogen-bond acceptors (Lipinski definition) is 8. The lowest BCUT2D eigenvalue weighted by atomic mass is 9.84. The normalized spacial score (nSPS) is 20.3. The fourth-order valence-corrected chi connectivity index (χ4v) is 6.23. The van der Waals surface area contributed by atoms with Gasteiger partial charge in [0, 0.05) is 49.6 Å². The Balaban J connectivity index is 1.21. The van der Waals surface area contributed by atoms with E-state index in [9.17, 15) is 5.11 Å². The van der Waals surface area contributed by atoms with Crippen LogP contribution in [0, 0.1) is 11.7 Å². The van der Waals surface area contributed by atoms with E-state index in [-0.39, 0.29) is 12.0 Å². The van der Waals surface area contributed by atoms with Gasteiger partial charge in [-0.2, -0.15) is 0 Å². The summed E-state index contributed by atoms with van der Waals surface area (Å²) in [5, 5.41) is 11.4. The molecular formula is C28H29FN4O3S. The maximum Gasteiger partial charge on any atom is 0.175 e. The summed E-state index contributed by atoms with van der Waals surface area (Å²) in [6.07, 6.45) is 8.05. The Morgan fingerprint density at radius 2 is 1.84 bits per heavy atom. The Labute approximate surface area is 218 Å². The predicted octanol–water partition coefficient (Wildman–Crippen LogP) is 5.61. The first-order valence-corrected chi connectivity index (χ1v) is 13.6. The molecule has 1 N–H and O–H groups in total. The molecule has 2 fully saturated rings. The third kappa shape index (κ3) is 5.30. The predicted molar refractivity (Wildman–Crippen MR) is 142 cm³/mol. The molecule has 9 heteroatoms. The first-order chi connectivity index (χ1) is 18.1. The van der Waals surface area contributed by atoms with Crippen molar-refractivity contribution in [1.29, 1.82) is 0 Å². The Hall–Kier alpha value is -3.14.